The number of rotatable bonds is 4. The smallest absolute Gasteiger partial charge is 0.226 e. The molecule has 2 aromatic rings. The van der Waals surface area contributed by atoms with Crippen LogP contribution in [0.2, 0.25) is 0 Å². The second-order valence-corrected chi connectivity index (χ2v) is 5.95. The van der Waals surface area contributed by atoms with Gasteiger partial charge in [-0.2, -0.15) is 0 Å². The Morgan fingerprint density at radius 2 is 2.43 bits per heavy atom. The maximum atomic E-state index is 13.2. The molecule has 1 atom stereocenters. The molecule has 1 saturated heterocycles. The summed E-state index contributed by atoms with van der Waals surface area (Å²) in [6.45, 7) is 1.78. The van der Waals surface area contributed by atoms with Crippen LogP contribution in [-0.4, -0.2) is 30.0 Å². The lowest BCUT2D eigenvalue weighted by Gasteiger charge is -2.10. The summed E-state index contributed by atoms with van der Waals surface area (Å²) in [5, 5.41) is 8.79. The van der Waals surface area contributed by atoms with E-state index in [0.717, 1.165) is 35.8 Å². The van der Waals surface area contributed by atoms with E-state index in [-0.39, 0.29) is 24.2 Å². The van der Waals surface area contributed by atoms with Gasteiger partial charge in [0.05, 0.1) is 12.1 Å². The summed E-state index contributed by atoms with van der Waals surface area (Å²) in [6.07, 6.45) is 1.24. The van der Waals surface area contributed by atoms with E-state index in [9.17, 15) is 9.18 Å². The van der Waals surface area contributed by atoms with Crippen molar-refractivity contribution in [3.05, 3.63) is 41.2 Å². The van der Waals surface area contributed by atoms with Crippen LogP contribution in [0.25, 0.3) is 10.6 Å². The number of nitrogens with one attached hydrogen (secondary N) is 2. The van der Waals surface area contributed by atoms with Gasteiger partial charge in [-0.3, -0.25) is 4.79 Å². The Bertz CT molecular complexity index is 637. The van der Waals surface area contributed by atoms with Gasteiger partial charge in [0.25, 0.3) is 0 Å². The normalized spacial score (nSPS) is 17.9. The molecule has 21 heavy (non-hydrogen) atoms. The van der Waals surface area contributed by atoms with Crippen LogP contribution in [0.1, 0.15) is 12.1 Å². The summed E-state index contributed by atoms with van der Waals surface area (Å²) in [5.74, 6) is -0.296. The van der Waals surface area contributed by atoms with Crippen LogP contribution in [0.15, 0.2) is 29.6 Å². The number of amides is 1. The zero-order chi connectivity index (χ0) is 14.7. The minimum atomic E-state index is -0.282. The van der Waals surface area contributed by atoms with Gasteiger partial charge in [-0.25, -0.2) is 9.37 Å². The molecule has 2 N–H and O–H groups in total. The van der Waals surface area contributed by atoms with E-state index in [0.29, 0.717) is 0 Å². The monoisotopic (exact) mass is 305 g/mol. The molecule has 1 fully saturated rings. The maximum Gasteiger partial charge on any atom is 0.226 e. The Hall–Kier alpha value is -1.79. The van der Waals surface area contributed by atoms with E-state index >= 15 is 0 Å². The third kappa shape index (κ3) is 3.65. The van der Waals surface area contributed by atoms with Crippen LogP contribution < -0.4 is 10.6 Å². The molecule has 0 spiro atoms. The predicted octanol–water partition coefficient (Wildman–Crippen LogP) is 1.97. The molecule has 6 heteroatoms. The SMILES string of the molecule is O=C(Cc1csc(-c2cccc(F)c2)n1)NC1CCNC1. The fraction of sp³-hybridized carbons (Fsp3) is 0.333. The molecule has 110 valence electrons. The zero-order valence-corrected chi connectivity index (χ0v) is 12.3. The number of thiazole rings is 1. The fourth-order valence-electron chi connectivity index (χ4n) is 2.36. The molecule has 0 aliphatic carbocycles. The van der Waals surface area contributed by atoms with Crippen molar-refractivity contribution < 1.29 is 9.18 Å². The molecule has 1 amide bonds. The lowest BCUT2D eigenvalue weighted by Crippen LogP contribution is -2.37. The van der Waals surface area contributed by atoms with Crippen molar-refractivity contribution in [2.75, 3.05) is 13.1 Å². The summed E-state index contributed by atoms with van der Waals surface area (Å²) in [5.41, 5.74) is 1.47. The molecule has 1 aliphatic heterocycles. The number of halogens is 1. The van der Waals surface area contributed by atoms with Crippen molar-refractivity contribution in [1.82, 2.24) is 15.6 Å². The number of carbonyl (C=O) groups is 1. The molecular weight excluding hydrogens is 289 g/mol. The number of hydrogen-bond acceptors (Lipinski definition) is 4. The van der Waals surface area contributed by atoms with Crippen LogP contribution in [-0.2, 0) is 11.2 Å². The second kappa shape index (κ2) is 6.32. The first kappa shape index (κ1) is 14.2. The molecule has 3 rings (SSSR count). The molecule has 0 radical (unpaired) electrons. The largest absolute Gasteiger partial charge is 0.352 e. The minimum Gasteiger partial charge on any atom is -0.352 e. The van der Waals surface area contributed by atoms with E-state index in [4.69, 9.17) is 0 Å². The van der Waals surface area contributed by atoms with Crippen molar-refractivity contribution in [1.29, 1.82) is 0 Å². The standard InChI is InChI=1S/C15H16FN3OS/c16-11-3-1-2-10(6-11)15-19-13(9-21-15)7-14(20)18-12-4-5-17-8-12/h1-3,6,9,12,17H,4-5,7-8H2,(H,18,20). The summed E-state index contributed by atoms with van der Waals surface area (Å²) in [6, 6.07) is 6.55. The van der Waals surface area contributed by atoms with Gasteiger partial charge in [-0.15, -0.1) is 11.3 Å². The first-order chi connectivity index (χ1) is 10.2. The number of hydrogen-bond donors (Lipinski definition) is 2. The lowest BCUT2D eigenvalue weighted by atomic mass is 10.2. The molecule has 1 unspecified atom stereocenters. The van der Waals surface area contributed by atoms with Crippen molar-refractivity contribution in [3.8, 4) is 10.6 Å². The highest BCUT2D eigenvalue weighted by atomic mass is 32.1. The van der Waals surface area contributed by atoms with Gasteiger partial charge in [-0.05, 0) is 25.1 Å². The summed E-state index contributed by atoms with van der Waals surface area (Å²) in [7, 11) is 0. The third-order valence-electron chi connectivity index (χ3n) is 3.39. The van der Waals surface area contributed by atoms with E-state index in [1.165, 1.54) is 23.5 Å². The highest BCUT2D eigenvalue weighted by Gasteiger charge is 2.17. The van der Waals surface area contributed by atoms with E-state index < -0.39 is 0 Å². The summed E-state index contributed by atoms with van der Waals surface area (Å²) in [4.78, 5) is 16.3. The lowest BCUT2D eigenvalue weighted by molar-refractivity contribution is -0.121. The van der Waals surface area contributed by atoms with Crippen LogP contribution in [0.3, 0.4) is 0 Å². The number of aromatic nitrogens is 1. The summed E-state index contributed by atoms with van der Waals surface area (Å²) >= 11 is 1.43. The average Bonchev–Trinajstić information content (AvgIpc) is 3.10. The molecule has 1 aromatic carbocycles. The Morgan fingerprint density at radius 3 is 3.19 bits per heavy atom. The van der Waals surface area contributed by atoms with Crippen molar-refractivity contribution >= 4 is 17.2 Å². The van der Waals surface area contributed by atoms with Crippen molar-refractivity contribution in [2.45, 2.75) is 18.9 Å². The van der Waals surface area contributed by atoms with Gasteiger partial charge < -0.3 is 10.6 Å². The maximum absolute atomic E-state index is 13.2. The van der Waals surface area contributed by atoms with Gasteiger partial charge in [-0.1, -0.05) is 12.1 Å². The van der Waals surface area contributed by atoms with Gasteiger partial charge in [0.1, 0.15) is 10.8 Å². The predicted molar refractivity (Wildman–Crippen MR) is 80.6 cm³/mol. The molecule has 4 nitrogen and oxygen atoms in total. The highest BCUT2D eigenvalue weighted by Crippen LogP contribution is 2.24. The van der Waals surface area contributed by atoms with E-state index in [1.54, 1.807) is 6.07 Å². The zero-order valence-electron chi connectivity index (χ0n) is 11.4. The first-order valence-corrected chi connectivity index (χ1v) is 7.79. The number of nitrogens with zero attached hydrogens (tertiary/aromatic N) is 1. The van der Waals surface area contributed by atoms with Gasteiger partial charge >= 0.3 is 0 Å². The third-order valence-corrected chi connectivity index (χ3v) is 4.33. The molecule has 1 aromatic heterocycles. The number of benzene rings is 1. The minimum absolute atomic E-state index is 0.0141. The molecule has 0 saturated carbocycles. The molecular formula is C15H16FN3OS. The topological polar surface area (TPSA) is 54.0 Å². The van der Waals surface area contributed by atoms with Crippen LogP contribution in [0, 0.1) is 5.82 Å². The van der Waals surface area contributed by atoms with Crippen LogP contribution in [0.5, 0.6) is 0 Å². The fourth-order valence-corrected chi connectivity index (χ4v) is 3.18. The Balaban J connectivity index is 1.63. The van der Waals surface area contributed by atoms with Gasteiger partial charge in [0.15, 0.2) is 0 Å². The highest BCUT2D eigenvalue weighted by molar-refractivity contribution is 7.13. The Morgan fingerprint density at radius 1 is 1.52 bits per heavy atom. The average molecular weight is 305 g/mol. The van der Waals surface area contributed by atoms with Crippen molar-refractivity contribution in [2.24, 2.45) is 0 Å². The van der Waals surface area contributed by atoms with Crippen molar-refractivity contribution in [3.63, 3.8) is 0 Å². The quantitative estimate of drug-likeness (QED) is 0.908. The van der Waals surface area contributed by atoms with E-state index in [1.807, 2.05) is 11.4 Å². The van der Waals surface area contributed by atoms with E-state index in [2.05, 4.69) is 15.6 Å². The summed E-state index contributed by atoms with van der Waals surface area (Å²) < 4.78 is 13.2. The Labute approximate surface area is 126 Å². The van der Waals surface area contributed by atoms with Gasteiger partial charge in [0.2, 0.25) is 5.91 Å². The molecule has 1 aliphatic rings. The number of carbonyl (C=O) groups excluding carboxylic acids is 1. The second-order valence-electron chi connectivity index (χ2n) is 5.09. The van der Waals surface area contributed by atoms with Crippen LogP contribution >= 0.6 is 11.3 Å². The Kier molecular flexibility index (Phi) is 4.26. The first-order valence-electron chi connectivity index (χ1n) is 6.91. The molecule has 0 bridgehead atoms. The van der Waals surface area contributed by atoms with Gasteiger partial charge in [0, 0.05) is 23.5 Å². The molecule has 2 heterocycles. The van der Waals surface area contributed by atoms with Crippen LogP contribution in [0.4, 0.5) is 4.39 Å².